The summed E-state index contributed by atoms with van der Waals surface area (Å²) in [6, 6.07) is 2.05. The fourth-order valence-electron chi connectivity index (χ4n) is 2.81. The lowest BCUT2D eigenvalue weighted by atomic mass is 10.2. The molecule has 0 radical (unpaired) electrons. The van der Waals surface area contributed by atoms with Crippen molar-refractivity contribution in [3.05, 3.63) is 28.3 Å². The quantitative estimate of drug-likeness (QED) is 0.728. The van der Waals surface area contributed by atoms with Gasteiger partial charge in [-0.2, -0.15) is 11.3 Å². The van der Waals surface area contributed by atoms with Gasteiger partial charge in [0.05, 0.1) is 12.3 Å². The van der Waals surface area contributed by atoms with Gasteiger partial charge in [-0.25, -0.2) is 4.98 Å². The van der Waals surface area contributed by atoms with Gasteiger partial charge in [-0.3, -0.25) is 9.80 Å². The van der Waals surface area contributed by atoms with Crippen LogP contribution in [0.5, 0.6) is 0 Å². The summed E-state index contributed by atoms with van der Waals surface area (Å²) in [5.74, 6) is 1.68. The fourth-order valence-corrected chi connectivity index (χ4v) is 3.43. The first kappa shape index (κ1) is 16.6. The zero-order valence-electron chi connectivity index (χ0n) is 14.0. The maximum atomic E-state index is 5.83. The SMILES string of the molecule is CCOCCN1CCN(Cc2nc(-c3ccsc3)oc2C)CC1. The molecular formula is C17H25N3O2S. The molecular weight excluding hydrogens is 310 g/mol. The maximum absolute atomic E-state index is 5.83. The summed E-state index contributed by atoms with van der Waals surface area (Å²) in [6.45, 7) is 12.0. The van der Waals surface area contributed by atoms with Crippen molar-refractivity contribution in [3.8, 4) is 11.5 Å². The summed E-state index contributed by atoms with van der Waals surface area (Å²) < 4.78 is 11.3. The number of hydrogen-bond acceptors (Lipinski definition) is 6. The van der Waals surface area contributed by atoms with Gasteiger partial charge in [0.1, 0.15) is 5.76 Å². The first-order valence-electron chi connectivity index (χ1n) is 8.27. The number of thiophene rings is 1. The number of rotatable bonds is 7. The van der Waals surface area contributed by atoms with E-state index in [-0.39, 0.29) is 0 Å². The van der Waals surface area contributed by atoms with Crippen molar-refractivity contribution < 1.29 is 9.15 Å². The van der Waals surface area contributed by atoms with Crippen molar-refractivity contribution in [3.63, 3.8) is 0 Å². The minimum absolute atomic E-state index is 0.745. The molecule has 0 N–H and O–H groups in total. The van der Waals surface area contributed by atoms with E-state index in [0.717, 1.165) is 75.4 Å². The Labute approximate surface area is 141 Å². The highest BCUT2D eigenvalue weighted by Crippen LogP contribution is 2.24. The van der Waals surface area contributed by atoms with Crippen LogP contribution in [-0.4, -0.2) is 60.7 Å². The molecule has 0 bridgehead atoms. The van der Waals surface area contributed by atoms with Crippen molar-refractivity contribution >= 4 is 11.3 Å². The summed E-state index contributed by atoms with van der Waals surface area (Å²) >= 11 is 1.67. The topological polar surface area (TPSA) is 41.7 Å². The Bertz CT molecular complexity index is 589. The molecule has 0 amide bonds. The predicted molar refractivity (Wildman–Crippen MR) is 92.8 cm³/mol. The monoisotopic (exact) mass is 335 g/mol. The smallest absolute Gasteiger partial charge is 0.227 e. The van der Waals surface area contributed by atoms with Crippen LogP contribution < -0.4 is 0 Å². The average molecular weight is 335 g/mol. The highest BCUT2D eigenvalue weighted by atomic mass is 32.1. The van der Waals surface area contributed by atoms with E-state index in [4.69, 9.17) is 14.1 Å². The lowest BCUT2D eigenvalue weighted by molar-refractivity contribution is 0.0781. The molecule has 6 heteroatoms. The molecule has 1 aliphatic rings. The van der Waals surface area contributed by atoms with Gasteiger partial charge in [0.25, 0.3) is 0 Å². The van der Waals surface area contributed by atoms with E-state index in [1.165, 1.54) is 0 Å². The third-order valence-corrected chi connectivity index (χ3v) is 4.94. The molecule has 23 heavy (non-hydrogen) atoms. The minimum Gasteiger partial charge on any atom is -0.441 e. The van der Waals surface area contributed by atoms with E-state index in [1.54, 1.807) is 11.3 Å². The van der Waals surface area contributed by atoms with Gasteiger partial charge >= 0.3 is 0 Å². The van der Waals surface area contributed by atoms with Crippen LogP contribution in [0.25, 0.3) is 11.5 Å². The van der Waals surface area contributed by atoms with E-state index in [9.17, 15) is 0 Å². The van der Waals surface area contributed by atoms with Crippen molar-refractivity contribution in [2.45, 2.75) is 20.4 Å². The molecule has 5 nitrogen and oxygen atoms in total. The summed E-state index contributed by atoms with van der Waals surface area (Å²) in [5.41, 5.74) is 2.14. The highest BCUT2D eigenvalue weighted by Gasteiger charge is 2.20. The minimum atomic E-state index is 0.745. The van der Waals surface area contributed by atoms with Crippen LogP contribution in [0.2, 0.25) is 0 Å². The van der Waals surface area contributed by atoms with E-state index in [2.05, 4.69) is 26.6 Å². The molecule has 2 aromatic heterocycles. The number of nitrogens with zero attached hydrogens (tertiary/aromatic N) is 3. The van der Waals surface area contributed by atoms with Crippen LogP contribution in [0.15, 0.2) is 21.2 Å². The number of oxazole rings is 1. The second-order valence-electron chi connectivity index (χ2n) is 5.85. The van der Waals surface area contributed by atoms with Crippen LogP contribution in [0.1, 0.15) is 18.4 Å². The summed E-state index contributed by atoms with van der Waals surface area (Å²) in [7, 11) is 0. The van der Waals surface area contributed by atoms with Gasteiger partial charge in [-0.05, 0) is 25.3 Å². The van der Waals surface area contributed by atoms with Gasteiger partial charge in [-0.1, -0.05) is 0 Å². The summed E-state index contributed by atoms with van der Waals surface area (Å²) in [6.07, 6.45) is 0. The van der Waals surface area contributed by atoms with Gasteiger partial charge in [-0.15, -0.1) is 0 Å². The average Bonchev–Trinajstić information content (AvgIpc) is 3.20. The standard InChI is InChI=1S/C17H25N3O2S/c1-3-21-10-9-19-5-7-20(8-6-19)12-16-14(2)22-17(18-16)15-4-11-23-13-15/h4,11,13H,3,5-10,12H2,1-2H3. The zero-order valence-corrected chi connectivity index (χ0v) is 14.8. The second-order valence-corrected chi connectivity index (χ2v) is 6.63. The van der Waals surface area contributed by atoms with E-state index in [0.29, 0.717) is 0 Å². The normalized spacial score (nSPS) is 17.0. The Hall–Kier alpha value is -1.21. The molecule has 126 valence electrons. The van der Waals surface area contributed by atoms with Crippen LogP contribution in [0.3, 0.4) is 0 Å². The molecule has 0 saturated carbocycles. The third-order valence-electron chi connectivity index (χ3n) is 4.26. The first-order chi connectivity index (χ1) is 11.3. The molecule has 0 spiro atoms. The first-order valence-corrected chi connectivity index (χ1v) is 9.22. The van der Waals surface area contributed by atoms with Gasteiger partial charge in [0.15, 0.2) is 0 Å². The van der Waals surface area contributed by atoms with Crippen LogP contribution >= 0.6 is 11.3 Å². The zero-order chi connectivity index (χ0) is 16.1. The number of hydrogen-bond donors (Lipinski definition) is 0. The van der Waals surface area contributed by atoms with Crippen molar-refractivity contribution in [2.75, 3.05) is 45.9 Å². The number of ether oxygens (including phenoxy) is 1. The number of piperazine rings is 1. The van der Waals surface area contributed by atoms with Gasteiger partial charge in [0.2, 0.25) is 5.89 Å². The number of aromatic nitrogens is 1. The van der Waals surface area contributed by atoms with Crippen LogP contribution in [0.4, 0.5) is 0 Å². The Morgan fingerprint density at radius 3 is 2.74 bits per heavy atom. The molecule has 2 aromatic rings. The van der Waals surface area contributed by atoms with Crippen molar-refractivity contribution in [1.82, 2.24) is 14.8 Å². The van der Waals surface area contributed by atoms with Gasteiger partial charge < -0.3 is 9.15 Å². The molecule has 0 unspecified atom stereocenters. The lowest BCUT2D eigenvalue weighted by Gasteiger charge is -2.34. The molecule has 3 rings (SSSR count). The highest BCUT2D eigenvalue weighted by molar-refractivity contribution is 7.08. The van der Waals surface area contributed by atoms with Crippen molar-refractivity contribution in [1.29, 1.82) is 0 Å². The van der Waals surface area contributed by atoms with Gasteiger partial charge in [0, 0.05) is 56.8 Å². The van der Waals surface area contributed by atoms with Crippen LogP contribution in [-0.2, 0) is 11.3 Å². The largest absolute Gasteiger partial charge is 0.441 e. The molecule has 0 aliphatic carbocycles. The fraction of sp³-hybridized carbons (Fsp3) is 0.588. The number of aryl methyl sites for hydroxylation is 1. The Balaban J connectivity index is 1.51. The summed E-state index contributed by atoms with van der Waals surface area (Å²) in [4.78, 5) is 9.62. The molecule has 1 aliphatic heterocycles. The Morgan fingerprint density at radius 2 is 2.04 bits per heavy atom. The third kappa shape index (κ3) is 4.41. The Morgan fingerprint density at radius 1 is 1.26 bits per heavy atom. The van der Waals surface area contributed by atoms with E-state index < -0.39 is 0 Å². The molecule has 1 saturated heterocycles. The molecule has 3 heterocycles. The Kier molecular flexibility index (Phi) is 5.83. The van der Waals surface area contributed by atoms with E-state index >= 15 is 0 Å². The predicted octanol–water partition coefficient (Wildman–Crippen LogP) is 2.87. The lowest BCUT2D eigenvalue weighted by Crippen LogP contribution is -2.46. The molecule has 1 fully saturated rings. The molecule has 0 aromatic carbocycles. The van der Waals surface area contributed by atoms with Crippen LogP contribution in [0, 0.1) is 6.92 Å². The molecule has 0 atom stereocenters. The second kappa shape index (κ2) is 8.06. The summed E-state index contributed by atoms with van der Waals surface area (Å²) in [5, 5.41) is 4.13. The van der Waals surface area contributed by atoms with E-state index in [1.807, 2.05) is 13.8 Å². The van der Waals surface area contributed by atoms with Crippen molar-refractivity contribution in [2.24, 2.45) is 0 Å². The maximum Gasteiger partial charge on any atom is 0.227 e.